The number of aromatic nitrogens is 1. The second-order valence-electron chi connectivity index (χ2n) is 6.77. The Bertz CT molecular complexity index is 994. The lowest BCUT2D eigenvalue weighted by molar-refractivity contribution is -0.122. The predicted molar refractivity (Wildman–Crippen MR) is 127 cm³/mol. The van der Waals surface area contributed by atoms with Gasteiger partial charge in [-0.1, -0.05) is 30.7 Å². The molecule has 164 valence electrons. The molecule has 8 heteroatoms. The molecule has 0 spiro atoms. The van der Waals surface area contributed by atoms with Crippen LogP contribution in [0.1, 0.15) is 13.3 Å². The maximum absolute atomic E-state index is 13.0. The highest BCUT2D eigenvalue weighted by Crippen LogP contribution is 2.38. The number of ether oxygens (including phenoxy) is 2. The molecule has 31 heavy (non-hydrogen) atoms. The number of benzene rings is 2. The fraction of sp³-hybridized carbons (Fsp3) is 0.304. The molecule has 0 bridgehead atoms. The molecule has 1 aromatic heterocycles. The second kappa shape index (κ2) is 11.1. The number of nitrogens with one attached hydrogen (secondary N) is 1. The monoisotopic (exact) mass is 459 g/mol. The zero-order valence-corrected chi connectivity index (χ0v) is 19.4. The van der Waals surface area contributed by atoms with Crippen LogP contribution in [-0.4, -0.2) is 44.3 Å². The topological polar surface area (TPSA) is 63.7 Å². The van der Waals surface area contributed by atoms with E-state index in [4.69, 9.17) is 26.1 Å². The van der Waals surface area contributed by atoms with Crippen molar-refractivity contribution in [3.8, 4) is 17.0 Å². The number of para-hydroxylation sites is 1. The lowest BCUT2D eigenvalue weighted by atomic mass is 10.1. The highest BCUT2D eigenvalue weighted by molar-refractivity contribution is 7.14. The van der Waals surface area contributed by atoms with Crippen molar-refractivity contribution in [3.05, 3.63) is 58.9 Å². The number of methoxy groups -OCH3 is 2. The summed E-state index contributed by atoms with van der Waals surface area (Å²) in [7, 11) is 3.25. The number of carbonyl (C=O) groups is 1. The molecule has 0 aliphatic heterocycles. The van der Waals surface area contributed by atoms with Gasteiger partial charge in [0.1, 0.15) is 11.8 Å². The van der Waals surface area contributed by atoms with E-state index in [9.17, 15) is 4.79 Å². The van der Waals surface area contributed by atoms with Gasteiger partial charge in [0.05, 0.1) is 30.1 Å². The van der Waals surface area contributed by atoms with Crippen LogP contribution >= 0.6 is 22.9 Å². The molecule has 0 fully saturated rings. The molecule has 3 rings (SSSR count). The van der Waals surface area contributed by atoms with E-state index in [0.717, 1.165) is 22.7 Å². The Morgan fingerprint density at radius 3 is 2.58 bits per heavy atom. The average Bonchev–Trinajstić information content (AvgIpc) is 3.28. The van der Waals surface area contributed by atoms with E-state index in [1.165, 1.54) is 11.3 Å². The number of anilines is 2. The van der Waals surface area contributed by atoms with E-state index < -0.39 is 6.04 Å². The molecule has 3 aromatic rings. The fourth-order valence-corrected chi connectivity index (χ4v) is 4.32. The van der Waals surface area contributed by atoms with Crippen molar-refractivity contribution in [2.45, 2.75) is 19.4 Å². The standard InChI is InChI=1S/C23H26ClN3O3S/c1-4-20(22(28)25-13-14-29-2)27(21-8-6-5-7-18(21)24)23-26-19(15-31-23)16-9-11-17(30-3)12-10-16/h5-12,15,20H,4,13-14H2,1-3H3,(H,25,28). The fourth-order valence-electron chi connectivity index (χ4n) is 3.20. The molecule has 1 atom stereocenters. The number of hydrogen-bond acceptors (Lipinski definition) is 6. The van der Waals surface area contributed by atoms with Gasteiger partial charge in [-0.15, -0.1) is 11.3 Å². The van der Waals surface area contributed by atoms with Crippen molar-refractivity contribution in [1.29, 1.82) is 0 Å². The Balaban J connectivity index is 1.97. The molecule has 0 saturated heterocycles. The van der Waals surface area contributed by atoms with Crippen molar-refractivity contribution in [2.75, 3.05) is 32.3 Å². The maximum atomic E-state index is 13.0. The molecule has 6 nitrogen and oxygen atoms in total. The highest BCUT2D eigenvalue weighted by Gasteiger charge is 2.29. The average molecular weight is 460 g/mol. The maximum Gasteiger partial charge on any atom is 0.243 e. The van der Waals surface area contributed by atoms with Gasteiger partial charge in [0.25, 0.3) is 0 Å². The van der Waals surface area contributed by atoms with Crippen LogP contribution in [0.25, 0.3) is 11.3 Å². The van der Waals surface area contributed by atoms with E-state index in [1.54, 1.807) is 14.2 Å². The summed E-state index contributed by atoms with van der Waals surface area (Å²) in [5, 5.41) is 6.19. The minimum absolute atomic E-state index is 0.0966. The Morgan fingerprint density at radius 2 is 1.94 bits per heavy atom. The molecule has 2 aromatic carbocycles. The SMILES string of the molecule is CCC(C(=O)NCCOC)N(c1nc(-c2ccc(OC)cc2)cs1)c1ccccc1Cl. The number of halogens is 1. The summed E-state index contributed by atoms with van der Waals surface area (Å²) in [5.74, 6) is 0.691. The molecule has 1 unspecified atom stereocenters. The second-order valence-corrected chi connectivity index (χ2v) is 8.02. The number of amides is 1. The molecule has 1 amide bonds. The zero-order valence-electron chi connectivity index (χ0n) is 17.8. The molecule has 0 saturated carbocycles. The van der Waals surface area contributed by atoms with Crippen LogP contribution in [0.3, 0.4) is 0 Å². The lowest BCUT2D eigenvalue weighted by Gasteiger charge is -2.30. The quantitative estimate of drug-likeness (QED) is 0.425. The van der Waals surface area contributed by atoms with Crippen LogP contribution in [0.2, 0.25) is 5.02 Å². The van der Waals surface area contributed by atoms with Gasteiger partial charge in [-0.25, -0.2) is 4.98 Å². The minimum Gasteiger partial charge on any atom is -0.497 e. The summed E-state index contributed by atoms with van der Waals surface area (Å²) < 4.78 is 10.3. The van der Waals surface area contributed by atoms with Gasteiger partial charge in [0.15, 0.2) is 5.13 Å². The summed E-state index contributed by atoms with van der Waals surface area (Å²) in [6.07, 6.45) is 0.585. The minimum atomic E-state index is -0.466. The van der Waals surface area contributed by atoms with Crippen molar-refractivity contribution < 1.29 is 14.3 Å². The third-order valence-electron chi connectivity index (χ3n) is 4.80. The van der Waals surface area contributed by atoms with Gasteiger partial charge in [-0.3, -0.25) is 4.79 Å². The first kappa shape index (κ1) is 23.1. The summed E-state index contributed by atoms with van der Waals surface area (Å²) in [6.45, 7) is 2.87. The summed E-state index contributed by atoms with van der Waals surface area (Å²) in [6, 6.07) is 14.8. The van der Waals surface area contributed by atoms with Crippen LogP contribution in [0, 0.1) is 0 Å². The van der Waals surface area contributed by atoms with E-state index in [2.05, 4.69) is 5.32 Å². The Kier molecular flexibility index (Phi) is 8.28. The highest BCUT2D eigenvalue weighted by atomic mass is 35.5. The number of rotatable bonds is 10. The number of carbonyl (C=O) groups excluding carboxylic acids is 1. The van der Waals surface area contributed by atoms with Gasteiger partial charge >= 0.3 is 0 Å². The van der Waals surface area contributed by atoms with E-state index in [1.807, 2.05) is 65.7 Å². The molecule has 0 aliphatic rings. The van der Waals surface area contributed by atoms with Crippen LogP contribution in [0.15, 0.2) is 53.9 Å². The number of thiazole rings is 1. The van der Waals surface area contributed by atoms with Crippen LogP contribution in [0.5, 0.6) is 5.75 Å². The van der Waals surface area contributed by atoms with Gasteiger partial charge in [0, 0.05) is 24.6 Å². The zero-order chi connectivity index (χ0) is 22.2. The number of hydrogen-bond donors (Lipinski definition) is 1. The van der Waals surface area contributed by atoms with Crippen molar-refractivity contribution in [1.82, 2.24) is 10.3 Å². The molecule has 1 N–H and O–H groups in total. The van der Waals surface area contributed by atoms with Gasteiger partial charge < -0.3 is 19.7 Å². The lowest BCUT2D eigenvalue weighted by Crippen LogP contribution is -2.45. The number of nitrogens with zero attached hydrogens (tertiary/aromatic N) is 2. The Morgan fingerprint density at radius 1 is 1.19 bits per heavy atom. The Labute approximate surface area is 191 Å². The molecule has 0 aliphatic carbocycles. The third kappa shape index (κ3) is 5.55. The van der Waals surface area contributed by atoms with E-state index >= 15 is 0 Å². The van der Waals surface area contributed by atoms with Crippen LogP contribution < -0.4 is 15.0 Å². The predicted octanol–water partition coefficient (Wildman–Crippen LogP) is 5.15. The normalized spacial score (nSPS) is 11.7. The molecule has 0 radical (unpaired) electrons. The molecular formula is C23H26ClN3O3S. The van der Waals surface area contributed by atoms with Gasteiger partial charge in [-0.05, 0) is 42.8 Å². The molecular weight excluding hydrogens is 434 g/mol. The summed E-state index contributed by atoms with van der Waals surface area (Å²) >= 11 is 8.00. The van der Waals surface area contributed by atoms with Gasteiger partial charge in [0.2, 0.25) is 5.91 Å². The van der Waals surface area contributed by atoms with Gasteiger partial charge in [-0.2, -0.15) is 0 Å². The first-order valence-corrected chi connectivity index (χ1v) is 11.2. The van der Waals surface area contributed by atoms with E-state index in [0.29, 0.717) is 29.7 Å². The summed E-state index contributed by atoms with van der Waals surface area (Å²) in [4.78, 5) is 19.8. The van der Waals surface area contributed by atoms with E-state index in [-0.39, 0.29) is 5.91 Å². The first-order valence-electron chi connectivity index (χ1n) is 9.99. The first-order chi connectivity index (χ1) is 15.1. The van der Waals surface area contributed by atoms with Crippen LogP contribution in [0.4, 0.5) is 10.8 Å². The smallest absolute Gasteiger partial charge is 0.243 e. The van der Waals surface area contributed by atoms with Crippen molar-refractivity contribution in [2.24, 2.45) is 0 Å². The Hall–Kier alpha value is -2.61. The summed E-state index contributed by atoms with van der Waals surface area (Å²) in [5.41, 5.74) is 2.54. The van der Waals surface area contributed by atoms with Crippen LogP contribution in [-0.2, 0) is 9.53 Å². The third-order valence-corrected chi connectivity index (χ3v) is 5.96. The van der Waals surface area contributed by atoms with Crippen molar-refractivity contribution in [3.63, 3.8) is 0 Å². The molecule has 1 heterocycles. The van der Waals surface area contributed by atoms with Crippen molar-refractivity contribution >= 4 is 39.7 Å². The largest absolute Gasteiger partial charge is 0.497 e.